The lowest BCUT2D eigenvalue weighted by atomic mass is 10.1. The van der Waals surface area contributed by atoms with E-state index in [1.165, 1.54) is 5.56 Å². The second-order valence-electron chi connectivity index (χ2n) is 3.38. The lowest BCUT2D eigenvalue weighted by Crippen LogP contribution is -1.96. The Balaban J connectivity index is 2.11. The van der Waals surface area contributed by atoms with E-state index in [9.17, 15) is 0 Å². The van der Waals surface area contributed by atoms with E-state index in [1.807, 2.05) is 23.6 Å². The Morgan fingerprint density at radius 2 is 2.12 bits per heavy atom. The van der Waals surface area contributed by atoms with E-state index in [0.29, 0.717) is 0 Å². The van der Waals surface area contributed by atoms with Crippen LogP contribution in [0, 0.1) is 0 Å². The molecule has 2 aromatic rings. The van der Waals surface area contributed by atoms with Crippen molar-refractivity contribution >= 4 is 22.9 Å². The maximum absolute atomic E-state index is 6.38. The number of hydrogen-bond donors (Lipinski definition) is 0. The summed E-state index contributed by atoms with van der Waals surface area (Å²) in [4.78, 5) is 5.07. The third-order valence-corrected chi connectivity index (χ3v) is 3.84. The van der Waals surface area contributed by atoms with Gasteiger partial charge in [-0.25, -0.2) is 0 Å². The van der Waals surface area contributed by atoms with Gasteiger partial charge >= 0.3 is 0 Å². The first-order valence-electron chi connectivity index (χ1n) is 4.95. The number of pyridine rings is 1. The average molecular weight is 254 g/mol. The molecule has 0 aliphatic heterocycles. The number of methoxy groups -OCH3 is 1. The van der Waals surface area contributed by atoms with Crippen LogP contribution < -0.4 is 4.74 Å². The van der Waals surface area contributed by atoms with Gasteiger partial charge in [0.1, 0.15) is 5.75 Å². The quantitative estimate of drug-likeness (QED) is 0.776. The third kappa shape index (κ3) is 2.54. The van der Waals surface area contributed by atoms with Crippen molar-refractivity contribution in [2.75, 3.05) is 7.11 Å². The van der Waals surface area contributed by atoms with Gasteiger partial charge < -0.3 is 4.74 Å². The van der Waals surface area contributed by atoms with Crippen molar-refractivity contribution in [2.45, 2.75) is 11.8 Å². The molecular weight excluding hydrogens is 242 g/mol. The second kappa shape index (κ2) is 5.32. The van der Waals surface area contributed by atoms with Gasteiger partial charge in [0.05, 0.1) is 17.4 Å². The van der Waals surface area contributed by atoms with Gasteiger partial charge in [0.15, 0.2) is 0 Å². The van der Waals surface area contributed by atoms with Crippen LogP contribution in [0.25, 0.3) is 0 Å². The van der Waals surface area contributed by atoms with Gasteiger partial charge in [-0.15, -0.1) is 22.9 Å². The molecule has 0 radical (unpaired) electrons. The molecule has 2 nitrogen and oxygen atoms in total. The van der Waals surface area contributed by atoms with Crippen LogP contribution in [-0.2, 0) is 6.42 Å². The zero-order valence-corrected chi connectivity index (χ0v) is 10.5. The molecule has 0 N–H and O–H groups in total. The molecule has 0 bridgehead atoms. The van der Waals surface area contributed by atoms with Gasteiger partial charge in [-0.05, 0) is 35.6 Å². The molecule has 0 amide bonds. The van der Waals surface area contributed by atoms with Gasteiger partial charge in [0.25, 0.3) is 0 Å². The topological polar surface area (TPSA) is 22.1 Å². The van der Waals surface area contributed by atoms with E-state index >= 15 is 0 Å². The first kappa shape index (κ1) is 11.4. The van der Waals surface area contributed by atoms with Crippen LogP contribution in [0.15, 0.2) is 36.0 Å². The molecule has 0 aliphatic rings. The van der Waals surface area contributed by atoms with Crippen LogP contribution in [0.4, 0.5) is 0 Å². The molecule has 2 heterocycles. The van der Waals surface area contributed by atoms with Crippen molar-refractivity contribution < 1.29 is 4.74 Å². The van der Waals surface area contributed by atoms with Crippen LogP contribution in [0.1, 0.15) is 15.8 Å². The largest absolute Gasteiger partial charge is 0.496 e. The highest BCUT2D eigenvalue weighted by molar-refractivity contribution is 7.10. The Hall–Kier alpha value is -1.06. The molecule has 1 atom stereocenters. The minimum Gasteiger partial charge on any atom is -0.496 e. The zero-order chi connectivity index (χ0) is 11.4. The Bertz CT molecular complexity index is 443. The van der Waals surface area contributed by atoms with Crippen molar-refractivity contribution in [1.29, 1.82) is 0 Å². The summed E-state index contributed by atoms with van der Waals surface area (Å²) in [6, 6.07) is 5.91. The van der Waals surface area contributed by atoms with E-state index in [0.717, 1.165) is 17.0 Å². The standard InChI is InChI=1S/C12H12ClNOS/c1-15-11-4-7-16-12(11)10(13)8-9-2-5-14-6-3-9/h2-7,10H,8H2,1H3. The summed E-state index contributed by atoms with van der Waals surface area (Å²) < 4.78 is 5.26. The Kier molecular flexibility index (Phi) is 3.80. The van der Waals surface area contributed by atoms with E-state index in [1.54, 1.807) is 30.8 Å². The van der Waals surface area contributed by atoms with Crippen molar-refractivity contribution in [3.63, 3.8) is 0 Å². The Morgan fingerprint density at radius 3 is 2.81 bits per heavy atom. The normalized spacial score (nSPS) is 12.4. The first-order chi connectivity index (χ1) is 7.81. The highest BCUT2D eigenvalue weighted by Crippen LogP contribution is 2.36. The molecule has 0 spiro atoms. The van der Waals surface area contributed by atoms with Crippen LogP contribution in [0.2, 0.25) is 0 Å². The number of hydrogen-bond acceptors (Lipinski definition) is 3. The molecule has 2 aromatic heterocycles. The summed E-state index contributed by atoms with van der Waals surface area (Å²) in [5, 5.41) is 1.95. The molecule has 0 aliphatic carbocycles. The number of aromatic nitrogens is 1. The Labute approximate surface area is 104 Å². The maximum Gasteiger partial charge on any atom is 0.134 e. The van der Waals surface area contributed by atoms with Gasteiger partial charge in [-0.2, -0.15) is 0 Å². The molecule has 16 heavy (non-hydrogen) atoms. The summed E-state index contributed by atoms with van der Waals surface area (Å²) in [5.41, 5.74) is 1.19. The minimum absolute atomic E-state index is 0.0441. The second-order valence-corrected chi connectivity index (χ2v) is 4.85. The summed E-state index contributed by atoms with van der Waals surface area (Å²) in [5.74, 6) is 0.874. The van der Waals surface area contributed by atoms with Crippen molar-refractivity contribution in [3.8, 4) is 5.75 Å². The fourth-order valence-electron chi connectivity index (χ4n) is 1.52. The Morgan fingerprint density at radius 1 is 1.38 bits per heavy atom. The SMILES string of the molecule is COc1ccsc1C(Cl)Cc1ccncc1. The van der Waals surface area contributed by atoms with Crippen LogP contribution in [0.5, 0.6) is 5.75 Å². The highest BCUT2D eigenvalue weighted by Gasteiger charge is 2.15. The molecule has 1 unspecified atom stereocenters. The maximum atomic E-state index is 6.38. The first-order valence-corrected chi connectivity index (χ1v) is 6.27. The van der Waals surface area contributed by atoms with Crippen LogP contribution >= 0.6 is 22.9 Å². The number of nitrogens with zero attached hydrogens (tertiary/aromatic N) is 1. The number of alkyl halides is 1. The van der Waals surface area contributed by atoms with E-state index in [2.05, 4.69) is 4.98 Å². The predicted molar refractivity (Wildman–Crippen MR) is 67.4 cm³/mol. The summed E-state index contributed by atoms with van der Waals surface area (Å²) in [6.07, 6.45) is 4.36. The molecule has 0 fully saturated rings. The van der Waals surface area contributed by atoms with Gasteiger partial charge in [0, 0.05) is 12.4 Å². The fraction of sp³-hybridized carbons (Fsp3) is 0.250. The molecule has 0 aromatic carbocycles. The summed E-state index contributed by atoms with van der Waals surface area (Å²) >= 11 is 8.00. The smallest absolute Gasteiger partial charge is 0.134 e. The molecule has 4 heteroatoms. The number of rotatable bonds is 4. The third-order valence-electron chi connectivity index (χ3n) is 2.33. The molecule has 84 valence electrons. The number of thiophene rings is 1. The number of halogens is 1. The molecule has 0 saturated heterocycles. The zero-order valence-electron chi connectivity index (χ0n) is 8.89. The lowest BCUT2D eigenvalue weighted by Gasteiger charge is -2.09. The van der Waals surface area contributed by atoms with Crippen molar-refractivity contribution in [2.24, 2.45) is 0 Å². The van der Waals surface area contributed by atoms with E-state index in [4.69, 9.17) is 16.3 Å². The van der Waals surface area contributed by atoms with E-state index in [-0.39, 0.29) is 5.38 Å². The van der Waals surface area contributed by atoms with Crippen molar-refractivity contribution in [3.05, 3.63) is 46.4 Å². The van der Waals surface area contributed by atoms with Gasteiger partial charge in [-0.3, -0.25) is 4.98 Å². The highest BCUT2D eigenvalue weighted by atomic mass is 35.5. The summed E-state index contributed by atoms with van der Waals surface area (Å²) in [6.45, 7) is 0. The van der Waals surface area contributed by atoms with E-state index < -0.39 is 0 Å². The van der Waals surface area contributed by atoms with Gasteiger partial charge in [-0.1, -0.05) is 0 Å². The van der Waals surface area contributed by atoms with Crippen LogP contribution in [0.3, 0.4) is 0 Å². The minimum atomic E-state index is -0.0441. The van der Waals surface area contributed by atoms with Gasteiger partial charge in [0.2, 0.25) is 0 Å². The molecular formula is C12H12ClNOS. The monoisotopic (exact) mass is 253 g/mol. The molecule has 0 saturated carbocycles. The molecule has 2 rings (SSSR count). The van der Waals surface area contributed by atoms with Crippen molar-refractivity contribution in [1.82, 2.24) is 4.98 Å². The number of ether oxygens (including phenoxy) is 1. The van der Waals surface area contributed by atoms with Crippen LogP contribution in [-0.4, -0.2) is 12.1 Å². The fourth-order valence-corrected chi connectivity index (χ4v) is 2.80. The average Bonchev–Trinajstić information content (AvgIpc) is 2.78. The predicted octanol–water partition coefficient (Wildman–Crippen LogP) is 3.67. The lowest BCUT2D eigenvalue weighted by molar-refractivity contribution is 0.412. The summed E-state index contributed by atoms with van der Waals surface area (Å²) in [7, 11) is 1.67.